The molecule has 1 aromatic heterocycles. The maximum absolute atomic E-state index is 13.7. The topological polar surface area (TPSA) is 42.0 Å². The number of nitrogens with zero attached hydrogens (tertiary/aromatic N) is 1. The molecule has 4 rings (SSSR count). The Labute approximate surface area is 166 Å². The molecule has 0 aliphatic heterocycles. The summed E-state index contributed by atoms with van der Waals surface area (Å²) in [6.07, 6.45) is -0.00818. The van der Waals surface area contributed by atoms with Gasteiger partial charge in [0.25, 0.3) is 0 Å². The zero-order chi connectivity index (χ0) is 19.3. The van der Waals surface area contributed by atoms with E-state index in [0.29, 0.717) is 11.3 Å². The number of anilines is 1. The third-order valence-corrected chi connectivity index (χ3v) is 5.17. The van der Waals surface area contributed by atoms with Gasteiger partial charge < -0.3 is 5.32 Å². The minimum atomic E-state index is -0.373. The Balaban J connectivity index is 1.50. The van der Waals surface area contributed by atoms with Crippen molar-refractivity contribution < 1.29 is 9.18 Å². The zero-order valence-electron chi connectivity index (χ0n) is 14.9. The second-order valence-corrected chi connectivity index (χ2v) is 7.16. The first kappa shape index (κ1) is 18.1. The minimum Gasteiger partial charge on any atom is -0.326 e. The Morgan fingerprint density at radius 2 is 1.68 bits per heavy atom. The summed E-state index contributed by atoms with van der Waals surface area (Å²) >= 11 is 1.58. The summed E-state index contributed by atoms with van der Waals surface area (Å²) in [6, 6.07) is 23.8. The maximum atomic E-state index is 13.7. The molecule has 0 fully saturated rings. The standard InChI is InChI=1S/C23H17FN2OS/c24-20-12-5-4-9-17(20)14-22(27)25-19-11-6-10-18(13-19)21-15-28-23(26-21)16-7-2-1-3-8-16/h1-13,15H,14H2,(H,25,27). The summed E-state index contributed by atoms with van der Waals surface area (Å²) in [4.78, 5) is 17.0. The number of carbonyl (C=O) groups excluding carboxylic acids is 1. The van der Waals surface area contributed by atoms with Crippen LogP contribution in [0.15, 0.2) is 84.2 Å². The number of rotatable bonds is 5. The highest BCUT2D eigenvalue weighted by Gasteiger charge is 2.10. The highest BCUT2D eigenvalue weighted by Crippen LogP contribution is 2.29. The Hall–Kier alpha value is -3.31. The number of hydrogen-bond donors (Lipinski definition) is 1. The van der Waals surface area contributed by atoms with Gasteiger partial charge in [0, 0.05) is 22.2 Å². The molecule has 3 aromatic carbocycles. The van der Waals surface area contributed by atoms with Gasteiger partial charge >= 0.3 is 0 Å². The second-order valence-electron chi connectivity index (χ2n) is 6.30. The average Bonchev–Trinajstić information content (AvgIpc) is 3.21. The number of carbonyl (C=O) groups is 1. The third kappa shape index (κ3) is 4.15. The number of halogens is 1. The van der Waals surface area contributed by atoms with Crippen molar-refractivity contribution in [2.24, 2.45) is 0 Å². The molecule has 0 saturated carbocycles. The van der Waals surface area contributed by atoms with Crippen LogP contribution in [0.5, 0.6) is 0 Å². The summed E-state index contributed by atoms with van der Waals surface area (Å²) in [7, 11) is 0. The maximum Gasteiger partial charge on any atom is 0.228 e. The van der Waals surface area contributed by atoms with Crippen molar-refractivity contribution in [2.75, 3.05) is 5.32 Å². The van der Waals surface area contributed by atoms with Gasteiger partial charge in [-0.2, -0.15) is 0 Å². The van der Waals surface area contributed by atoms with Crippen molar-refractivity contribution in [2.45, 2.75) is 6.42 Å². The number of thiazole rings is 1. The molecule has 5 heteroatoms. The van der Waals surface area contributed by atoms with Crippen molar-refractivity contribution in [3.8, 4) is 21.8 Å². The van der Waals surface area contributed by atoms with Gasteiger partial charge in [0.15, 0.2) is 0 Å². The van der Waals surface area contributed by atoms with E-state index in [2.05, 4.69) is 5.32 Å². The van der Waals surface area contributed by atoms with Crippen LogP contribution in [0.3, 0.4) is 0 Å². The lowest BCUT2D eigenvalue weighted by atomic mass is 10.1. The molecule has 138 valence electrons. The fraction of sp³-hybridized carbons (Fsp3) is 0.0435. The predicted molar refractivity (Wildman–Crippen MR) is 112 cm³/mol. The summed E-state index contributed by atoms with van der Waals surface area (Å²) in [5.74, 6) is -0.632. The molecule has 28 heavy (non-hydrogen) atoms. The zero-order valence-corrected chi connectivity index (χ0v) is 15.7. The molecule has 4 aromatic rings. The van der Waals surface area contributed by atoms with Gasteiger partial charge in [-0.25, -0.2) is 9.37 Å². The summed E-state index contributed by atoms with van der Waals surface area (Å²) in [6.45, 7) is 0. The first-order valence-corrected chi connectivity index (χ1v) is 9.71. The first-order chi connectivity index (χ1) is 13.7. The molecule has 0 aliphatic rings. The predicted octanol–water partition coefficient (Wildman–Crippen LogP) is 5.80. The highest BCUT2D eigenvalue weighted by atomic mass is 32.1. The fourth-order valence-corrected chi connectivity index (χ4v) is 3.73. The van der Waals surface area contributed by atoms with E-state index < -0.39 is 0 Å². The molecule has 0 aliphatic carbocycles. The lowest BCUT2D eigenvalue weighted by Crippen LogP contribution is -2.15. The smallest absolute Gasteiger partial charge is 0.228 e. The number of aromatic nitrogens is 1. The monoisotopic (exact) mass is 388 g/mol. The molecule has 0 unspecified atom stereocenters. The van der Waals surface area contributed by atoms with Crippen LogP contribution < -0.4 is 5.32 Å². The van der Waals surface area contributed by atoms with Crippen LogP contribution in [-0.2, 0) is 11.2 Å². The molecular formula is C23H17FN2OS. The summed E-state index contributed by atoms with van der Waals surface area (Å²) in [5.41, 5.74) is 3.89. The summed E-state index contributed by atoms with van der Waals surface area (Å²) in [5, 5.41) is 5.79. The van der Waals surface area contributed by atoms with Gasteiger partial charge in [-0.05, 0) is 23.8 Å². The van der Waals surface area contributed by atoms with E-state index in [1.54, 1.807) is 29.5 Å². The second kappa shape index (κ2) is 8.15. The van der Waals surface area contributed by atoms with E-state index in [9.17, 15) is 9.18 Å². The van der Waals surface area contributed by atoms with Gasteiger partial charge in [-0.1, -0.05) is 60.7 Å². The number of amides is 1. The molecule has 1 N–H and O–H groups in total. The van der Waals surface area contributed by atoms with Crippen LogP contribution >= 0.6 is 11.3 Å². The molecule has 0 bridgehead atoms. The van der Waals surface area contributed by atoms with Gasteiger partial charge in [0.1, 0.15) is 10.8 Å². The molecule has 0 radical (unpaired) electrons. The Morgan fingerprint density at radius 1 is 0.929 bits per heavy atom. The van der Waals surface area contributed by atoms with E-state index in [4.69, 9.17) is 4.98 Å². The number of hydrogen-bond acceptors (Lipinski definition) is 3. The largest absolute Gasteiger partial charge is 0.326 e. The molecular weight excluding hydrogens is 371 g/mol. The van der Waals surface area contributed by atoms with Gasteiger partial charge in [0.05, 0.1) is 12.1 Å². The summed E-state index contributed by atoms with van der Waals surface area (Å²) < 4.78 is 13.7. The minimum absolute atomic E-state index is 0.00818. The van der Waals surface area contributed by atoms with Crippen molar-refractivity contribution in [3.05, 3.63) is 95.6 Å². The molecule has 0 saturated heterocycles. The Morgan fingerprint density at radius 3 is 2.50 bits per heavy atom. The van der Waals surface area contributed by atoms with Crippen molar-refractivity contribution >= 4 is 22.9 Å². The van der Waals surface area contributed by atoms with E-state index in [1.807, 2.05) is 60.0 Å². The normalized spacial score (nSPS) is 10.6. The molecule has 0 spiro atoms. The van der Waals surface area contributed by atoms with Crippen LogP contribution in [-0.4, -0.2) is 10.9 Å². The van der Waals surface area contributed by atoms with Crippen molar-refractivity contribution in [1.29, 1.82) is 0 Å². The number of nitrogens with one attached hydrogen (secondary N) is 1. The first-order valence-electron chi connectivity index (χ1n) is 8.84. The van der Waals surface area contributed by atoms with Gasteiger partial charge in [0.2, 0.25) is 5.91 Å². The molecule has 1 amide bonds. The Bertz CT molecular complexity index is 1110. The van der Waals surface area contributed by atoms with E-state index in [0.717, 1.165) is 21.8 Å². The van der Waals surface area contributed by atoms with Gasteiger partial charge in [-0.3, -0.25) is 4.79 Å². The third-order valence-electron chi connectivity index (χ3n) is 4.28. The van der Waals surface area contributed by atoms with Gasteiger partial charge in [-0.15, -0.1) is 11.3 Å². The van der Waals surface area contributed by atoms with E-state index >= 15 is 0 Å². The van der Waals surface area contributed by atoms with Crippen LogP contribution in [0.2, 0.25) is 0 Å². The van der Waals surface area contributed by atoms with Crippen LogP contribution in [0.1, 0.15) is 5.56 Å². The van der Waals surface area contributed by atoms with Crippen LogP contribution in [0.25, 0.3) is 21.8 Å². The number of benzene rings is 3. The van der Waals surface area contributed by atoms with Crippen LogP contribution in [0.4, 0.5) is 10.1 Å². The average molecular weight is 388 g/mol. The SMILES string of the molecule is O=C(Cc1ccccc1F)Nc1cccc(-c2csc(-c3ccccc3)n2)c1. The van der Waals surface area contributed by atoms with Crippen LogP contribution in [0, 0.1) is 5.82 Å². The van der Waals surface area contributed by atoms with Crippen molar-refractivity contribution in [1.82, 2.24) is 4.98 Å². The lowest BCUT2D eigenvalue weighted by Gasteiger charge is -2.07. The quantitative estimate of drug-likeness (QED) is 0.470. The molecule has 1 heterocycles. The highest BCUT2D eigenvalue weighted by molar-refractivity contribution is 7.13. The molecule has 3 nitrogen and oxygen atoms in total. The lowest BCUT2D eigenvalue weighted by molar-refractivity contribution is -0.115. The van der Waals surface area contributed by atoms with E-state index in [1.165, 1.54) is 6.07 Å². The molecule has 0 atom stereocenters. The van der Waals surface area contributed by atoms with Crippen molar-refractivity contribution in [3.63, 3.8) is 0 Å². The Kier molecular flexibility index (Phi) is 5.26. The van der Waals surface area contributed by atoms with E-state index in [-0.39, 0.29) is 18.1 Å². The fourth-order valence-electron chi connectivity index (χ4n) is 2.90.